The molecule has 368 valence electrons. The van der Waals surface area contributed by atoms with Crippen molar-refractivity contribution in [3.05, 3.63) is 78.1 Å². The number of carbonyl (C=O) groups is 5. The number of hydrazine groups is 1. The van der Waals surface area contributed by atoms with Crippen LogP contribution in [0.3, 0.4) is 0 Å². The molecule has 7 atom stereocenters. The number of carbonyl (C=O) groups excluding carboxylic acids is 5. The van der Waals surface area contributed by atoms with Crippen LogP contribution in [0.4, 0.5) is 0 Å². The third-order valence-electron chi connectivity index (χ3n) is 15.0. The minimum atomic E-state index is -1.05. The van der Waals surface area contributed by atoms with Gasteiger partial charge >= 0.3 is 5.97 Å². The Balaban J connectivity index is 1.09. The molecule has 0 spiro atoms. The Morgan fingerprint density at radius 1 is 1.07 bits per heavy atom. The fourth-order valence-corrected chi connectivity index (χ4v) is 11.6. The maximum absolute atomic E-state index is 14.8. The number of fused-ring (bicyclic) bond motifs is 9. The van der Waals surface area contributed by atoms with E-state index in [-0.39, 0.29) is 55.6 Å². The van der Waals surface area contributed by atoms with Crippen LogP contribution in [-0.2, 0) is 52.8 Å². The Bertz CT molecular complexity index is 2650. The molecule has 5 aliphatic rings. The molecule has 69 heavy (non-hydrogen) atoms. The van der Waals surface area contributed by atoms with Gasteiger partial charge in [0.2, 0.25) is 17.7 Å². The van der Waals surface area contributed by atoms with Gasteiger partial charge in [-0.25, -0.2) is 5.43 Å². The van der Waals surface area contributed by atoms with Crippen LogP contribution in [0, 0.1) is 17.3 Å². The number of likely N-dealkylation sites (tertiary alicyclic amines) is 1. The number of aryl methyl sites for hydroxylation is 1. The summed E-state index contributed by atoms with van der Waals surface area (Å²) < 4.78 is 17.5. The monoisotopic (exact) mass is 944 g/mol. The zero-order valence-corrected chi connectivity index (χ0v) is 41.3. The fraction of sp³-hybridized carbons (Fsp3) is 0.547. The molecule has 7 heterocycles. The zero-order valence-electron chi connectivity index (χ0n) is 41.3. The predicted molar refractivity (Wildman–Crippen MR) is 262 cm³/mol. The van der Waals surface area contributed by atoms with Crippen LogP contribution >= 0.6 is 0 Å². The standard InChI is InChI=1S/C53H69N9O7/c1-9-45(63)59-22-19-36(29-59)50(65)58(8)46(31(3)4)49(64)56-41-24-33-13-11-14-34(23-33)35-16-17-42-37(25-35)38(26-53(6,7)30-68-52(67)40-15-12-21-61(57-40)51(41)66)48(60(42)10-2)39-27-55-62-43-18-20-54-28-44(43)69-32(5)47(39)62/h9,11,13-14,16-17,23,25,27,31-32,36,40-41,43-44,46,54,57H,1,10,12,15,18-22,24,26,28-30H2,2-8H3,(H,56,64)/t32-,36-,40-,41-,43?,44?,46-/m0/s1. The molecule has 3 saturated heterocycles. The molecule has 4 amide bonds. The highest BCUT2D eigenvalue weighted by Gasteiger charge is 2.42. The topological polar surface area (TPSA) is 172 Å². The van der Waals surface area contributed by atoms with Crippen molar-refractivity contribution in [1.29, 1.82) is 0 Å². The molecule has 3 fully saturated rings. The number of nitrogens with one attached hydrogen (secondary N) is 3. The Morgan fingerprint density at radius 2 is 1.87 bits per heavy atom. The zero-order chi connectivity index (χ0) is 48.9. The summed E-state index contributed by atoms with van der Waals surface area (Å²) in [6.07, 6.45) is 6.34. The van der Waals surface area contributed by atoms with Crippen molar-refractivity contribution in [2.75, 3.05) is 46.4 Å². The minimum Gasteiger partial charge on any atom is -0.464 e. The normalized spacial score (nSPS) is 25.3. The van der Waals surface area contributed by atoms with Gasteiger partial charge in [0.25, 0.3) is 5.91 Å². The first-order valence-electron chi connectivity index (χ1n) is 25.0. The molecule has 5 aliphatic heterocycles. The van der Waals surface area contributed by atoms with Crippen molar-refractivity contribution in [2.24, 2.45) is 17.3 Å². The number of piperidine rings is 1. The molecule has 2 unspecified atom stereocenters. The van der Waals surface area contributed by atoms with E-state index >= 15 is 0 Å². The lowest BCUT2D eigenvalue weighted by atomic mass is 9.84. The van der Waals surface area contributed by atoms with Gasteiger partial charge in [0.1, 0.15) is 18.1 Å². The second-order valence-corrected chi connectivity index (χ2v) is 20.9. The lowest BCUT2D eigenvalue weighted by Crippen LogP contribution is -2.62. The summed E-state index contributed by atoms with van der Waals surface area (Å²) >= 11 is 0. The molecular weight excluding hydrogens is 875 g/mol. The van der Waals surface area contributed by atoms with Gasteiger partial charge in [-0.3, -0.25) is 33.7 Å². The molecule has 3 N–H and O–H groups in total. The van der Waals surface area contributed by atoms with Crippen LogP contribution in [0.2, 0.25) is 0 Å². The Hall–Kier alpha value is -5.84. The van der Waals surface area contributed by atoms with Crippen LogP contribution in [0.5, 0.6) is 0 Å². The van der Waals surface area contributed by atoms with E-state index in [0.717, 1.165) is 69.6 Å². The number of cyclic esters (lactones) is 1. The Labute approximate surface area is 405 Å². The number of esters is 1. The molecule has 9 rings (SSSR count). The van der Waals surface area contributed by atoms with E-state index in [1.807, 2.05) is 32.2 Å². The van der Waals surface area contributed by atoms with E-state index in [4.69, 9.17) is 14.6 Å². The molecule has 16 heteroatoms. The average Bonchev–Trinajstić information content (AvgIpc) is 4.09. The molecule has 4 aromatic rings. The molecule has 6 bridgehead atoms. The highest BCUT2D eigenvalue weighted by atomic mass is 16.5. The summed E-state index contributed by atoms with van der Waals surface area (Å²) in [5.74, 6) is -2.54. The number of benzene rings is 2. The summed E-state index contributed by atoms with van der Waals surface area (Å²) in [7, 11) is 1.62. The number of rotatable bonds is 8. The lowest BCUT2D eigenvalue weighted by molar-refractivity contribution is -0.155. The van der Waals surface area contributed by atoms with Gasteiger partial charge in [0.05, 0.1) is 48.4 Å². The smallest absolute Gasteiger partial charge is 0.324 e. The van der Waals surface area contributed by atoms with Gasteiger partial charge in [-0.15, -0.1) is 0 Å². The first-order chi connectivity index (χ1) is 33.1. The molecule has 16 nitrogen and oxygen atoms in total. The Kier molecular flexibility index (Phi) is 13.6. The van der Waals surface area contributed by atoms with Crippen LogP contribution < -0.4 is 16.1 Å². The lowest BCUT2D eigenvalue weighted by Gasteiger charge is -2.40. The first-order valence-corrected chi connectivity index (χ1v) is 25.0. The second kappa shape index (κ2) is 19.5. The van der Waals surface area contributed by atoms with E-state index in [2.05, 4.69) is 89.9 Å². The summed E-state index contributed by atoms with van der Waals surface area (Å²) in [6, 6.07) is 12.1. The average molecular weight is 944 g/mol. The van der Waals surface area contributed by atoms with Crippen LogP contribution in [-0.4, -0.2) is 129 Å². The maximum atomic E-state index is 14.8. The number of nitrogens with zero attached hydrogens (tertiary/aromatic N) is 6. The van der Waals surface area contributed by atoms with Crippen LogP contribution in [0.1, 0.15) is 96.2 Å². The van der Waals surface area contributed by atoms with E-state index in [9.17, 15) is 24.0 Å². The summed E-state index contributed by atoms with van der Waals surface area (Å²) in [5, 5.41) is 14.2. The Morgan fingerprint density at radius 3 is 2.64 bits per heavy atom. The highest BCUT2D eigenvalue weighted by molar-refractivity contribution is 5.96. The number of hydrogen-bond acceptors (Lipinski definition) is 10. The van der Waals surface area contributed by atoms with Gasteiger partial charge in [-0.05, 0) is 98.9 Å². The van der Waals surface area contributed by atoms with Gasteiger partial charge in [0, 0.05) is 68.1 Å². The summed E-state index contributed by atoms with van der Waals surface area (Å²) in [6.45, 7) is 19.4. The van der Waals surface area contributed by atoms with E-state index < -0.39 is 47.2 Å². The first kappa shape index (κ1) is 48.2. The van der Waals surface area contributed by atoms with Gasteiger partial charge in [-0.2, -0.15) is 5.10 Å². The van der Waals surface area contributed by atoms with Crippen molar-refractivity contribution in [2.45, 2.75) is 123 Å². The number of amides is 4. The summed E-state index contributed by atoms with van der Waals surface area (Å²) in [4.78, 5) is 72.7. The molecule has 2 aromatic carbocycles. The third kappa shape index (κ3) is 9.34. The number of hydrogen-bond donors (Lipinski definition) is 3. The van der Waals surface area contributed by atoms with Crippen molar-refractivity contribution in [1.82, 2.24) is 45.2 Å². The van der Waals surface area contributed by atoms with Crippen LogP contribution in [0.15, 0.2) is 61.3 Å². The van der Waals surface area contributed by atoms with Gasteiger partial charge in [-0.1, -0.05) is 64.6 Å². The quantitative estimate of drug-likeness (QED) is 0.155. The van der Waals surface area contributed by atoms with E-state index in [1.54, 1.807) is 11.9 Å². The molecule has 2 aromatic heterocycles. The molecule has 0 aliphatic carbocycles. The van der Waals surface area contributed by atoms with Crippen molar-refractivity contribution in [3.8, 4) is 22.4 Å². The SMILES string of the molecule is C=CC(=O)N1CC[C@H](C(=O)N(C)[C@H](C(=O)N[C@H]2Cc3cccc(c3)-c3ccc4c(c3)c(c(-c3cnn5c3[C@H](C)OC3CNCCC35)n4CC)CC(C)(C)COC(=O)[C@@H]3CCCN(N3)C2=O)C(C)C)C1. The minimum absolute atomic E-state index is 0.0496. The van der Waals surface area contributed by atoms with Crippen molar-refractivity contribution in [3.63, 3.8) is 0 Å². The van der Waals surface area contributed by atoms with E-state index in [1.165, 1.54) is 16.0 Å². The number of ether oxygens (including phenoxy) is 2. The second-order valence-electron chi connectivity index (χ2n) is 20.9. The third-order valence-corrected chi connectivity index (χ3v) is 15.0. The number of likely N-dealkylation sites (N-methyl/N-ethyl adjacent to an activating group) is 1. The largest absolute Gasteiger partial charge is 0.464 e. The molecular formula is C53H69N9O7. The highest BCUT2D eigenvalue weighted by Crippen LogP contribution is 2.45. The summed E-state index contributed by atoms with van der Waals surface area (Å²) in [5.41, 5.74) is 10.9. The van der Waals surface area contributed by atoms with Gasteiger partial charge in [0.15, 0.2) is 0 Å². The maximum Gasteiger partial charge on any atom is 0.324 e. The predicted octanol–water partition coefficient (Wildman–Crippen LogP) is 5.35. The number of aromatic nitrogens is 3. The van der Waals surface area contributed by atoms with Crippen LogP contribution in [0.25, 0.3) is 33.3 Å². The van der Waals surface area contributed by atoms with Crippen molar-refractivity contribution >= 4 is 40.5 Å². The van der Waals surface area contributed by atoms with E-state index in [0.29, 0.717) is 45.3 Å². The molecule has 0 radical (unpaired) electrons. The molecule has 0 saturated carbocycles. The van der Waals surface area contributed by atoms with Gasteiger partial charge < -0.3 is 34.5 Å². The van der Waals surface area contributed by atoms with Crippen molar-refractivity contribution < 1.29 is 33.4 Å². The fourth-order valence-electron chi connectivity index (χ4n) is 11.6.